The normalized spacial score (nSPS) is 14.2. The van der Waals surface area contributed by atoms with Crippen LogP contribution in [0.25, 0.3) is 34.2 Å². The Labute approximate surface area is 506 Å². The van der Waals surface area contributed by atoms with Gasteiger partial charge in [-0.1, -0.05) is 109 Å². The minimum Gasteiger partial charge on any atom is -0.339 e. The smallest absolute Gasteiger partial charge is 0.270 e. The molecule has 84 heavy (non-hydrogen) atoms. The lowest BCUT2D eigenvalue weighted by Gasteiger charge is -2.09. The van der Waals surface area contributed by atoms with Crippen LogP contribution >= 0.6 is 47.0 Å². The molecule has 21 nitrogen and oxygen atoms in total. The van der Waals surface area contributed by atoms with Crippen LogP contribution in [0.2, 0.25) is 15.1 Å². The molecule has 3 N–H and O–H groups in total. The zero-order chi connectivity index (χ0) is 57.5. The van der Waals surface area contributed by atoms with Crippen molar-refractivity contribution in [1.82, 2.24) is 75.7 Å². The molecule has 3 amide bonds. The van der Waals surface area contributed by atoms with Gasteiger partial charge in [0, 0.05) is 89.1 Å². The highest BCUT2D eigenvalue weighted by Crippen LogP contribution is 2.41. The van der Waals surface area contributed by atoms with Crippen molar-refractivity contribution in [3.05, 3.63) is 158 Å². The summed E-state index contributed by atoms with van der Waals surface area (Å²) >= 11 is 18.2. The number of hydrogen-bond donors (Lipinski definition) is 3. The van der Waals surface area contributed by atoms with Crippen LogP contribution in [0.1, 0.15) is 184 Å². The number of benzene rings is 3. The molecule has 3 atom stereocenters. The van der Waals surface area contributed by atoms with Crippen molar-refractivity contribution >= 4 is 64.7 Å². The largest absolute Gasteiger partial charge is 0.339 e. The third kappa shape index (κ3) is 16.8. The second-order valence-corrected chi connectivity index (χ2v) is 21.3. The van der Waals surface area contributed by atoms with Crippen LogP contribution < -0.4 is 16.0 Å². The lowest BCUT2D eigenvalue weighted by Crippen LogP contribution is -2.28. The summed E-state index contributed by atoms with van der Waals surface area (Å²) in [5.41, 5.74) is 6.77. The topological polar surface area (TPSA) is 258 Å². The van der Waals surface area contributed by atoms with Gasteiger partial charge in [0.05, 0.1) is 17.1 Å². The molecule has 3 aliphatic rings. The van der Waals surface area contributed by atoms with Crippen molar-refractivity contribution in [3.8, 4) is 34.2 Å². The van der Waals surface area contributed by atoms with E-state index in [1.54, 1.807) is 92.4 Å². The van der Waals surface area contributed by atoms with E-state index in [1.165, 1.54) is 6.26 Å². The van der Waals surface area contributed by atoms with Gasteiger partial charge in [-0.25, -0.2) is 0 Å². The maximum absolute atomic E-state index is 12.5. The number of amides is 3. The second-order valence-electron chi connectivity index (χ2n) is 19.7. The van der Waals surface area contributed by atoms with E-state index in [-0.39, 0.29) is 52.1 Å². The summed E-state index contributed by atoms with van der Waals surface area (Å²) < 4.78 is 30.9. The predicted molar refractivity (Wildman–Crippen MR) is 322 cm³/mol. The van der Waals surface area contributed by atoms with Gasteiger partial charge in [0.1, 0.15) is 35.2 Å². The predicted octanol–water partition coefficient (Wildman–Crippen LogP) is 13.6. The van der Waals surface area contributed by atoms with Crippen molar-refractivity contribution in [2.75, 3.05) is 6.26 Å². The molecule has 0 bridgehead atoms. The van der Waals surface area contributed by atoms with Gasteiger partial charge in [-0.2, -0.15) is 34.1 Å². The first-order valence-electron chi connectivity index (χ1n) is 25.9. The summed E-state index contributed by atoms with van der Waals surface area (Å²) in [4.78, 5) is 50.7. The molecule has 3 fully saturated rings. The van der Waals surface area contributed by atoms with Crippen LogP contribution in [0.4, 0.5) is 3.89 Å². The Morgan fingerprint density at radius 2 is 0.750 bits per heavy atom. The van der Waals surface area contributed by atoms with Crippen molar-refractivity contribution in [2.24, 2.45) is 21.1 Å². The summed E-state index contributed by atoms with van der Waals surface area (Å²) in [7, 11) is 5.32. The Hall–Kier alpha value is -7.73. The summed E-state index contributed by atoms with van der Waals surface area (Å²) in [6, 6.07) is 25.9. The lowest BCUT2D eigenvalue weighted by atomic mass is 10.2. The molecule has 0 aliphatic heterocycles. The van der Waals surface area contributed by atoms with Gasteiger partial charge in [0.2, 0.25) is 35.1 Å². The SMILES string of the molecule is C.C.C.CC(NC(=O)c1cc(C2CC2)nn1C)c1nc(-c2cccc(Cl)c2)no1.CSF.C[C@@H](NC(=O)c1cc(C2CC2)nn1C)c1nc(-c2cccc(Cl)c2)no1.C[C@H](NC(=O)c1cc(C2CC2)nn1C)c1nc(-c2cccc(Cl)c2)no1. The number of hydrogen-bond acceptors (Lipinski definition) is 16. The molecule has 12 rings (SSSR count). The first kappa shape index (κ1) is 65.4. The number of carbonyl (C=O) groups is 3. The molecule has 0 radical (unpaired) electrons. The van der Waals surface area contributed by atoms with Crippen LogP contribution in [-0.4, -0.2) is 83.7 Å². The van der Waals surface area contributed by atoms with Crippen molar-refractivity contribution in [2.45, 2.75) is 117 Å². The molecule has 3 aliphatic carbocycles. The minimum absolute atomic E-state index is 0. The van der Waals surface area contributed by atoms with Gasteiger partial charge < -0.3 is 29.5 Å². The quantitative estimate of drug-likeness (QED) is 0.0862. The number of aryl methyl sites for hydroxylation is 3. The molecule has 1 unspecified atom stereocenters. The lowest BCUT2D eigenvalue weighted by molar-refractivity contribution is 0.0915. The van der Waals surface area contributed by atoms with Crippen molar-refractivity contribution in [3.63, 3.8) is 0 Å². The molecule has 446 valence electrons. The monoisotopic (exact) mass is 1230 g/mol. The van der Waals surface area contributed by atoms with E-state index in [4.69, 9.17) is 48.4 Å². The van der Waals surface area contributed by atoms with E-state index in [1.807, 2.05) is 54.6 Å². The minimum atomic E-state index is -0.429. The Kier molecular flexibility index (Phi) is 22.7. The summed E-state index contributed by atoms with van der Waals surface area (Å²) in [5.74, 6) is 3.11. The maximum atomic E-state index is 12.5. The first-order chi connectivity index (χ1) is 38.9. The number of halogens is 4. The molecule has 26 heteroatoms. The standard InChI is InChI=1S/3C18H18ClN5O2.CH3FS.3CH4/c3*1-10(18-21-16(23-26-18)12-4-3-5-13(19)8-12)20-17(25)15-9-14(11-6-7-11)22-24(15)2;1-3-2;;;/h3*3-5,8-11H,6-7H2,1-2H3,(H,20,25);1H3;3*1H4/t2*10-;;;;;/m10...../s1. The molecular formula is C58H69Cl3FN15O6S. The van der Waals surface area contributed by atoms with Gasteiger partial charge in [0.15, 0.2) is 0 Å². The zero-order valence-corrected chi connectivity index (χ0v) is 48.2. The van der Waals surface area contributed by atoms with E-state index in [0.29, 0.717) is 85.0 Å². The third-order valence-corrected chi connectivity index (χ3v) is 13.8. The molecule has 6 aromatic heterocycles. The summed E-state index contributed by atoms with van der Waals surface area (Å²) in [5, 5.41) is 35.6. The number of carbonyl (C=O) groups excluding carboxylic acids is 3. The highest BCUT2D eigenvalue weighted by atomic mass is 35.5. The Morgan fingerprint density at radius 3 is 0.976 bits per heavy atom. The first-order valence-corrected chi connectivity index (χ1v) is 28.2. The molecule has 0 saturated heterocycles. The van der Waals surface area contributed by atoms with Gasteiger partial charge in [-0.15, -0.1) is 0 Å². The van der Waals surface area contributed by atoms with Crippen molar-refractivity contribution < 1.29 is 31.8 Å². The van der Waals surface area contributed by atoms with Gasteiger partial charge in [0.25, 0.3) is 17.7 Å². The van der Waals surface area contributed by atoms with E-state index < -0.39 is 18.1 Å². The Bertz CT molecular complexity index is 3290. The van der Waals surface area contributed by atoms with Gasteiger partial charge in [-0.3, -0.25) is 28.4 Å². The fourth-order valence-electron chi connectivity index (χ4n) is 8.31. The zero-order valence-electron chi connectivity index (χ0n) is 45.1. The number of rotatable bonds is 15. The maximum Gasteiger partial charge on any atom is 0.270 e. The summed E-state index contributed by atoms with van der Waals surface area (Å²) in [6.45, 7) is 5.39. The van der Waals surface area contributed by atoms with Gasteiger partial charge >= 0.3 is 0 Å². The molecular weight excluding hydrogens is 1160 g/mol. The summed E-state index contributed by atoms with van der Waals surface area (Å²) in [6.07, 6.45) is 8.22. The molecule has 9 aromatic rings. The van der Waals surface area contributed by atoms with Crippen molar-refractivity contribution in [1.29, 1.82) is 0 Å². The van der Waals surface area contributed by atoms with Crippen LogP contribution in [0.3, 0.4) is 0 Å². The fourth-order valence-corrected chi connectivity index (χ4v) is 8.88. The van der Waals surface area contributed by atoms with Gasteiger partial charge in [-0.05, 0) is 114 Å². The van der Waals surface area contributed by atoms with E-state index >= 15 is 0 Å². The average molecular weight is 1230 g/mol. The highest BCUT2D eigenvalue weighted by Gasteiger charge is 2.31. The number of aromatic nitrogens is 12. The Morgan fingerprint density at radius 1 is 0.500 bits per heavy atom. The van der Waals surface area contributed by atoms with E-state index in [0.717, 1.165) is 72.3 Å². The molecule has 3 aromatic carbocycles. The van der Waals surface area contributed by atoms with Crippen LogP contribution in [0.5, 0.6) is 0 Å². The van der Waals surface area contributed by atoms with Crippen LogP contribution in [0, 0.1) is 0 Å². The molecule has 3 saturated carbocycles. The highest BCUT2D eigenvalue weighted by molar-refractivity contribution is 7.93. The van der Waals surface area contributed by atoms with E-state index in [2.05, 4.69) is 61.7 Å². The van der Waals surface area contributed by atoms with Crippen LogP contribution in [-0.2, 0) is 21.1 Å². The van der Waals surface area contributed by atoms with Crippen LogP contribution in [0.15, 0.2) is 105 Å². The fraction of sp³-hybridized carbons (Fsp3) is 0.379. The van der Waals surface area contributed by atoms with E-state index in [9.17, 15) is 18.3 Å². The molecule has 6 heterocycles. The number of nitrogens with one attached hydrogen (secondary N) is 3. The Balaban J connectivity index is 0.000000194. The second kappa shape index (κ2) is 29.2. The average Bonchev–Trinajstić information content (AvgIpc) is 4.10. The molecule has 0 spiro atoms. The third-order valence-electron chi connectivity index (χ3n) is 13.1. The number of nitrogens with zero attached hydrogens (tertiary/aromatic N) is 12.